The van der Waals surface area contributed by atoms with Crippen molar-refractivity contribution in [2.24, 2.45) is 5.92 Å². The number of nitrogens with zero attached hydrogens (tertiary/aromatic N) is 1. The number of carbonyl (C=O) groups is 1. The second-order valence-electron chi connectivity index (χ2n) is 5.75. The van der Waals surface area contributed by atoms with Crippen LogP contribution in [0.3, 0.4) is 0 Å². The van der Waals surface area contributed by atoms with Crippen LogP contribution in [0, 0.1) is 5.92 Å². The normalized spacial score (nSPS) is 29.2. The Morgan fingerprint density at radius 2 is 2.11 bits per heavy atom. The fourth-order valence-electron chi connectivity index (χ4n) is 3.29. The Labute approximate surface area is 114 Å². The van der Waals surface area contributed by atoms with Crippen LogP contribution in [0.2, 0.25) is 0 Å². The summed E-state index contributed by atoms with van der Waals surface area (Å²) in [5.41, 5.74) is 8.02. The van der Waals surface area contributed by atoms with Crippen LogP contribution in [0.5, 0.6) is 0 Å². The highest BCUT2D eigenvalue weighted by molar-refractivity contribution is 6.00. The van der Waals surface area contributed by atoms with Gasteiger partial charge in [-0.1, -0.05) is 0 Å². The Bertz CT molecular complexity index is 492. The molecule has 4 heteroatoms. The van der Waals surface area contributed by atoms with Gasteiger partial charge in [0.05, 0.1) is 0 Å². The van der Waals surface area contributed by atoms with Gasteiger partial charge in [0.2, 0.25) is 0 Å². The van der Waals surface area contributed by atoms with Gasteiger partial charge in [-0.2, -0.15) is 0 Å². The zero-order chi connectivity index (χ0) is 13.4. The quantitative estimate of drug-likeness (QED) is 0.643. The maximum absolute atomic E-state index is 11.5. The molecule has 1 aromatic rings. The molecule has 3 aliphatic heterocycles. The summed E-state index contributed by atoms with van der Waals surface area (Å²) < 4.78 is 0. The average Bonchev–Trinajstić information content (AvgIpc) is 2.42. The molecule has 3 saturated heterocycles. The number of nitrogens with two attached hydrogens (primary N) is 1. The highest BCUT2D eigenvalue weighted by Gasteiger charge is 2.33. The van der Waals surface area contributed by atoms with Crippen LogP contribution >= 0.6 is 0 Å². The van der Waals surface area contributed by atoms with Crippen LogP contribution < -0.4 is 11.1 Å². The van der Waals surface area contributed by atoms with Gasteiger partial charge in [0, 0.05) is 29.5 Å². The first-order chi connectivity index (χ1) is 9.13. The summed E-state index contributed by atoms with van der Waals surface area (Å²) in [5.74, 6) is 0.790. The molecule has 4 nitrogen and oxygen atoms in total. The van der Waals surface area contributed by atoms with Crippen LogP contribution in [0.1, 0.15) is 30.1 Å². The van der Waals surface area contributed by atoms with Gasteiger partial charge in [-0.25, -0.2) is 0 Å². The summed E-state index contributed by atoms with van der Waals surface area (Å²) in [5, 5.41) is 3.59. The van der Waals surface area contributed by atoms with E-state index in [4.69, 9.17) is 5.73 Å². The molecule has 102 valence electrons. The fourth-order valence-corrected chi connectivity index (χ4v) is 3.29. The van der Waals surface area contributed by atoms with Gasteiger partial charge in [-0.15, -0.1) is 0 Å². The molecule has 1 aromatic carbocycles. The largest absolute Gasteiger partial charge is 0.398 e. The SMILES string of the molecule is CC(=O)c1cc(NC2CN3CCC2CC3)ccc1N. The van der Waals surface area contributed by atoms with E-state index in [1.807, 2.05) is 18.2 Å². The van der Waals surface area contributed by atoms with Crippen LogP contribution in [0.25, 0.3) is 0 Å². The van der Waals surface area contributed by atoms with E-state index in [2.05, 4.69) is 10.2 Å². The van der Waals surface area contributed by atoms with E-state index >= 15 is 0 Å². The predicted molar refractivity (Wildman–Crippen MR) is 77.4 cm³/mol. The monoisotopic (exact) mass is 259 g/mol. The third-order valence-corrected chi connectivity index (χ3v) is 4.44. The summed E-state index contributed by atoms with van der Waals surface area (Å²) in [6, 6.07) is 6.18. The minimum absolute atomic E-state index is 0.0232. The van der Waals surface area contributed by atoms with Gasteiger partial charge in [0.25, 0.3) is 0 Å². The summed E-state index contributed by atoms with van der Waals surface area (Å²) in [6.45, 7) is 5.15. The Kier molecular flexibility index (Phi) is 3.19. The molecular weight excluding hydrogens is 238 g/mol. The topological polar surface area (TPSA) is 58.4 Å². The Balaban J connectivity index is 1.76. The van der Waals surface area contributed by atoms with E-state index in [9.17, 15) is 4.79 Å². The number of carbonyl (C=O) groups excluding carboxylic acids is 1. The minimum atomic E-state index is 0.0232. The summed E-state index contributed by atoms with van der Waals surface area (Å²) in [6.07, 6.45) is 2.57. The number of hydrogen-bond acceptors (Lipinski definition) is 4. The number of hydrogen-bond donors (Lipinski definition) is 2. The van der Waals surface area contributed by atoms with Crippen molar-refractivity contribution < 1.29 is 4.79 Å². The molecule has 2 bridgehead atoms. The number of nitrogens with one attached hydrogen (secondary N) is 1. The molecule has 3 heterocycles. The van der Waals surface area contributed by atoms with Gasteiger partial charge in [0.1, 0.15) is 0 Å². The molecule has 0 aliphatic carbocycles. The van der Waals surface area contributed by atoms with Crippen LogP contribution in [0.4, 0.5) is 11.4 Å². The molecule has 1 atom stereocenters. The standard InChI is InChI=1S/C15H21N3O/c1-10(19)13-8-12(2-3-14(13)16)17-15-9-18-6-4-11(15)5-7-18/h2-3,8,11,15,17H,4-7,9,16H2,1H3. The van der Waals surface area contributed by atoms with Crippen LogP contribution in [-0.4, -0.2) is 36.4 Å². The van der Waals surface area contributed by atoms with Crippen molar-refractivity contribution in [2.45, 2.75) is 25.8 Å². The summed E-state index contributed by atoms with van der Waals surface area (Å²) >= 11 is 0. The van der Waals surface area contributed by atoms with E-state index in [0.717, 1.165) is 18.2 Å². The van der Waals surface area contributed by atoms with Gasteiger partial charge in [-0.3, -0.25) is 4.79 Å². The lowest BCUT2D eigenvalue weighted by Gasteiger charge is -2.45. The Morgan fingerprint density at radius 3 is 2.68 bits per heavy atom. The average molecular weight is 259 g/mol. The van der Waals surface area contributed by atoms with E-state index in [-0.39, 0.29) is 5.78 Å². The molecule has 4 rings (SSSR count). The van der Waals surface area contributed by atoms with Crippen molar-refractivity contribution in [3.63, 3.8) is 0 Å². The first kappa shape index (κ1) is 12.5. The lowest BCUT2D eigenvalue weighted by molar-refractivity contribution is 0.0975. The van der Waals surface area contributed by atoms with Crippen molar-refractivity contribution in [1.29, 1.82) is 0 Å². The van der Waals surface area contributed by atoms with Crippen molar-refractivity contribution in [1.82, 2.24) is 4.90 Å². The first-order valence-corrected chi connectivity index (χ1v) is 7.03. The van der Waals surface area contributed by atoms with Gasteiger partial charge in [0.15, 0.2) is 5.78 Å². The van der Waals surface area contributed by atoms with Crippen molar-refractivity contribution in [3.8, 4) is 0 Å². The highest BCUT2D eigenvalue weighted by atomic mass is 16.1. The highest BCUT2D eigenvalue weighted by Crippen LogP contribution is 2.30. The zero-order valence-corrected chi connectivity index (χ0v) is 11.4. The number of anilines is 2. The molecule has 0 spiro atoms. The third kappa shape index (κ3) is 2.45. The predicted octanol–water partition coefficient (Wildman–Crippen LogP) is 1.98. The minimum Gasteiger partial charge on any atom is -0.398 e. The second kappa shape index (κ2) is 4.85. The van der Waals surface area contributed by atoms with E-state index in [1.54, 1.807) is 6.92 Å². The Morgan fingerprint density at radius 1 is 1.37 bits per heavy atom. The molecule has 0 radical (unpaired) electrons. The molecule has 19 heavy (non-hydrogen) atoms. The number of rotatable bonds is 3. The maximum Gasteiger partial charge on any atom is 0.161 e. The van der Waals surface area contributed by atoms with Gasteiger partial charge in [-0.05, 0) is 57.0 Å². The summed E-state index contributed by atoms with van der Waals surface area (Å²) in [4.78, 5) is 14.0. The van der Waals surface area contributed by atoms with Crippen molar-refractivity contribution in [3.05, 3.63) is 23.8 Å². The Hall–Kier alpha value is -1.55. The van der Waals surface area contributed by atoms with Crippen molar-refractivity contribution in [2.75, 3.05) is 30.7 Å². The number of piperidine rings is 3. The lowest BCUT2D eigenvalue weighted by atomic mass is 9.84. The zero-order valence-electron chi connectivity index (χ0n) is 11.4. The first-order valence-electron chi connectivity index (χ1n) is 7.03. The number of benzene rings is 1. The van der Waals surface area contributed by atoms with Crippen molar-refractivity contribution >= 4 is 17.2 Å². The number of ketones is 1. The van der Waals surface area contributed by atoms with E-state index < -0.39 is 0 Å². The molecule has 0 saturated carbocycles. The maximum atomic E-state index is 11.5. The van der Waals surface area contributed by atoms with E-state index in [1.165, 1.54) is 25.9 Å². The lowest BCUT2D eigenvalue weighted by Crippen LogP contribution is -2.53. The molecule has 0 amide bonds. The molecule has 3 fully saturated rings. The number of nitrogen functional groups attached to an aromatic ring is 1. The van der Waals surface area contributed by atoms with Gasteiger partial charge >= 0.3 is 0 Å². The number of Topliss-reactive ketones (excluding diaryl/α,β-unsaturated/α-hetero) is 1. The molecular formula is C15H21N3O. The molecule has 1 unspecified atom stereocenters. The fraction of sp³-hybridized carbons (Fsp3) is 0.533. The smallest absolute Gasteiger partial charge is 0.161 e. The second-order valence-corrected chi connectivity index (χ2v) is 5.75. The summed E-state index contributed by atoms with van der Waals surface area (Å²) in [7, 11) is 0. The molecule has 3 aliphatic rings. The third-order valence-electron chi connectivity index (χ3n) is 4.44. The van der Waals surface area contributed by atoms with Crippen LogP contribution in [0.15, 0.2) is 18.2 Å². The number of fused-ring (bicyclic) bond motifs is 3. The molecule has 0 aromatic heterocycles. The van der Waals surface area contributed by atoms with E-state index in [0.29, 0.717) is 17.3 Å². The molecule has 3 N–H and O–H groups in total. The van der Waals surface area contributed by atoms with Crippen LogP contribution in [-0.2, 0) is 0 Å². The van der Waals surface area contributed by atoms with Gasteiger partial charge < -0.3 is 16.0 Å².